The first kappa shape index (κ1) is 20.1. The molecule has 11 heteroatoms. The molecule has 2 rings (SSSR count). The lowest BCUT2D eigenvalue weighted by atomic mass is 10.1. The van der Waals surface area contributed by atoms with Crippen molar-refractivity contribution in [2.45, 2.75) is 11.8 Å². The molecule has 144 valence electrons. The quantitative estimate of drug-likeness (QED) is 0.560. The molecule has 0 radical (unpaired) electrons. The Balaban J connectivity index is 2.66. The van der Waals surface area contributed by atoms with Gasteiger partial charge >= 0.3 is 5.97 Å². The molecule has 0 saturated heterocycles. The van der Waals surface area contributed by atoms with Gasteiger partial charge in [-0.15, -0.1) is 0 Å². The molecule has 0 aliphatic heterocycles. The third-order valence-corrected chi connectivity index (χ3v) is 5.49. The highest BCUT2D eigenvalue weighted by molar-refractivity contribution is 7.92. The van der Waals surface area contributed by atoms with Crippen LogP contribution < -0.4 is 9.04 Å². The highest BCUT2D eigenvalue weighted by Crippen LogP contribution is 2.32. The Labute approximate surface area is 153 Å². The van der Waals surface area contributed by atoms with Crippen LogP contribution in [0.1, 0.15) is 5.56 Å². The van der Waals surface area contributed by atoms with Gasteiger partial charge in [-0.3, -0.25) is 19.2 Å². The summed E-state index contributed by atoms with van der Waals surface area (Å²) in [5, 5.41) is 20.2. The fourth-order valence-corrected chi connectivity index (χ4v) is 3.92. The van der Waals surface area contributed by atoms with E-state index in [0.717, 1.165) is 18.2 Å². The largest absolute Gasteiger partial charge is 0.494 e. The van der Waals surface area contributed by atoms with Gasteiger partial charge in [0.2, 0.25) is 0 Å². The number of carboxylic acid groups (broad SMARTS) is 1. The molecule has 2 aromatic rings. The van der Waals surface area contributed by atoms with Crippen molar-refractivity contribution in [3.05, 3.63) is 57.9 Å². The minimum atomic E-state index is -4.53. The Hall–Kier alpha value is -3.21. The van der Waals surface area contributed by atoms with E-state index < -0.39 is 38.2 Å². The molecule has 0 amide bonds. The summed E-state index contributed by atoms with van der Waals surface area (Å²) in [6, 6.07) is 6.47. The zero-order valence-corrected chi connectivity index (χ0v) is 15.1. The molecule has 0 aliphatic rings. The van der Waals surface area contributed by atoms with Crippen LogP contribution in [0.4, 0.5) is 15.8 Å². The van der Waals surface area contributed by atoms with Gasteiger partial charge in [0.1, 0.15) is 6.54 Å². The van der Waals surface area contributed by atoms with Gasteiger partial charge in [0.15, 0.2) is 11.6 Å². The first-order valence-corrected chi connectivity index (χ1v) is 8.85. The van der Waals surface area contributed by atoms with Gasteiger partial charge in [-0.25, -0.2) is 12.8 Å². The molecule has 0 aliphatic carbocycles. The second-order valence-corrected chi connectivity index (χ2v) is 7.24. The first-order valence-electron chi connectivity index (χ1n) is 7.41. The SMILES string of the molecule is COc1ccc(S(=O)(=O)N(CC(=O)O)c2cccc([N+](=O)[O-])c2C)cc1F. The van der Waals surface area contributed by atoms with Crippen LogP contribution in [0.2, 0.25) is 0 Å². The fraction of sp³-hybridized carbons (Fsp3) is 0.188. The number of hydrogen-bond donors (Lipinski definition) is 1. The van der Waals surface area contributed by atoms with Gasteiger partial charge in [-0.2, -0.15) is 0 Å². The van der Waals surface area contributed by atoms with Crippen molar-refractivity contribution in [1.82, 2.24) is 0 Å². The van der Waals surface area contributed by atoms with E-state index in [9.17, 15) is 27.7 Å². The van der Waals surface area contributed by atoms with Crippen molar-refractivity contribution in [1.29, 1.82) is 0 Å². The predicted octanol–water partition coefficient (Wildman–Crippen LogP) is 2.33. The number of sulfonamides is 1. The molecule has 1 N–H and O–H groups in total. The van der Waals surface area contributed by atoms with Gasteiger partial charge in [-0.1, -0.05) is 6.07 Å². The minimum absolute atomic E-state index is 0.0405. The molecule has 0 spiro atoms. The standard InChI is InChI=1S/C16H15FN2O7S/c1-10-13(4-3-5-14(10)19(22)23)18(9-16(20)21)27(24,25)11-6-7-15(26-2)12(17)8-11/h3-8H,9H2,1-2H3,(H,20,21). The number of carbonyl (C=O) groups is 1. The first-order chi connectivity index (χ1) is 12.6. The molecule has 0 fully saturated rings. The van der Waals surface area contributed by atoms with Crippen molar-refractivity contribution in [3.63, 3.8) is 0 Å². The Morgan fingerprint density at radius 2 is 2.00 bits per heavy atom. The van der Waals surface area contributed by atoms with Crippen molar-refractivity contribution >= 4 is 27.4 Å². The number of nitro groups is 1. The molecular formula is C16H15FN2O7S. The molecule has 0 atom stereocenters. The molecule has 9 nitrogen and oxygen atoms in total. The summed E-state index contributed by atoms with van der Waals surface area (Å²) in [5.41, 5.74) is -0.608. The summed E-state index contributed by atoms with van der Waals surface area (Å²) < 4.78 is 45.0. The van der Waals surface area contributed by atoms with E-state index in [0.29, 0.717) is 10.4 Å². The normalized spacial score (nSPS) is 11.1. The summed E-state index contributed by atoms with van der Waals surface area (Å²) in [5.74, 6) is -2.63. The second kappa shape index (κ2) is 7.58. The number of anilines is 1. The number of rotatable bonds is 7. The summed E-state index contributed by atoms with van der Waals surface area (Å²) in [6.07, 6.45) is 0. The molecule has 0 unspecified atom stereocenters. The number of nitro benzene ring substituents is 1. The van der Waals surface area contributed by atoms with Crippen molar-refractivity contribution in [3.8, 4) is 5.75 Å². The molecule has 2 aromatic carbocycles. The van der Waals surface area contributed by atoms with Crippen LogP contribution >= 0.6 is 0 Å². The van der Waals surface area contributed by atoms with E-state index in [4.69, 9.17) is 9.84 Å². The summed E-state index contributed by atoms with van der Waals surface area (Å²) in [4.78, 5) is 21.1. The lowest BCUT2D eigenvalue weighted by Gasteiger charge is -2.24. The van der Waals surface area contributed by atoms with E-state index in [2.05, 4.69) is 0 Å². The topological polar surface area (TPSA) is 127 Å². The van der Waals surface area contributed by atoms with Gasteiger partial charge in [0, 0.05) is 6.07 Å². The fourth-order valence-electron chi connectivity index (χ4n) is 2.44. The maximum Gasteiger partial charge on any atom is 0.324 e. The number of nitrogens with zero attached hydrogens (tertiary/aromatic N) is 2. The van der Waals surface area contributed by atoms with Crippen LogP contribution in [0, 0.1) is 22.9 Å². The predicted molar refractivity (Wildman–Crippen MR) is 93.0 cm³/mol. The third kappa shape index (κ3) is 3.97. The number of carboxylic acids is 1. The molecular weight excluding hydrogens is 383 g/mol. The molecule has 0 aromatic heterocycles. The van der Waals surface area contributed by atoms with Gasteiger partial charge in [0.25, 0.3) is 15.7 Å². The van der Waals surface area contributed by atoms with Crippen LogP contribution in [0.25, 0.3) is 0 Å². The van der Waals surface area contributed by atoms with Gasteiger partial charge in [-0.05, 0) is 31.2 Å². The number of ether oxygens (including phenoxy) is 1. The molecule has 27 heavy (non-hydrogen) atoms. The average Bonchev–Trinajstić information content (AvgIpc) is 2.59. The van der Waals surface area contributed by atoms with Crippen molar-refractivity contribution in [2.24, 2.45) is 0 Å². The minimum Gasteiger partial charge on any atom is -0.494 e. The third-order valence-electron chi connectivity index (χ3n) is 3.73. The lowest BCUT2D eigenvalue weighted by molar-refractivity contribution is -0.385. The Morgan fingerprint density at radius 1 is 1.33 bits per heavy atom. The van der Waals surface area contributed by atoms with E-state index >= 15 is 0 Å². The zero-order valence-electron chi connectivity index (χ0n) is 14.2. The van der Waals surface area contributed by atoms with E-state index in [1.807, 2.05) is 0 Å². The highest BCUT2D eigenvalue weighted by Gasteiger charge is 2.31. The number of hydrogen-bond acceptors (Lipinski definition) is 6. The summed E-state index contributed by atoms with van der Waals surface area (Å²) in [6.45, 7) is 0.296. The van der Waals surface area contributed by atoms with E-state index in [1.165, 1.54) is 26.2 Å². The maximum absolute atomic E-state index is 13.9. The maximum atomic E-state index is 13.9. The highest BCUT2D eigenvalue weighted by atomic mass is 32.2. The summed E-state index contributed by atoms with van der Waals surface area (Å²) >= 11 is 0. The Morgan fingerprint density at radius 3 is 2.52 bits per heavy atom. The van der Waals surface area contributed by atoms with Gasteiger partial charge in [0.05, 0.1) is 28.2 Å². The zero-order chi connectivity index (χ0) is 20.4. The molecule has 0 saturated carbocycles. The summed E-state index contributed by atoms with van der Waals surface area (Å²) in [7, 11) is -3.32. The van der Waals surface area contributed by atoms with Crippen molar-refractivity contribution in [2.75, 3.05) is 18.0 Å². The number of halogens is 1. The van der Waals surface area contributed by atoms with E-state index in [-0.39, 0.29) is 22.7 Å². The number of methoxy groups -OCH3 is 1. The molecule has 0 heterocycles. The second-order valence-electron chi connectivity index (χ2n) is 5.38. The smallest absolute Gasteiger partial charge is 0.324 e. The van der Waals surface area contributed by atoms with Crippen LogP contribution in [-0.4, -0.2) is 38.1 Å². The van der Waals surface area contributed by atoms with Crippen LogP contribution in [-0.2, 0) is 14.8 Å². The van der Waals surface area contributed by atoms with Crippen molar-refractivity contribution < 1.29 is 32.4 Å². The van der Waals surface area contributed by atoms with Gasteiger partial charge < -0.3 is 9.84 Å². The van der Waals surface area contributed by atoms with Crippen LogP contribution in [0.15, 0.2) is 41.3 Å². The number of benzene rings is 2. The Kier molecular flexibility index (Phi) is 5.64. The van der Waals surface area contributed by atoms with Crippen LogP contribution in [0.5, 0.6) is 5.75 Å². The average molecular weight is 398 g/mol. The molecule has 0 bridgehead atoms. The Bertz CT molecular complexity index is 1010. The number of aliphatic carboxylic acids is 1. The van der Waals surface area contributed by atoms with Crippen LogP contribution in [0.3, 0.4) is 0 Å². The lowest BCUT2D eigenvalue weighted by Crippen LogP contribution is -2.36. The van der Waals surface area contributed by atoms with E-state index in [1.54, 1.807) is 0 Å². The monoisotopic (exact) mass is 398 g/mol.